The van der Waals surface area contributed by atoms with Gasteiger partial charge in [-0.05, 0) is 36.2 Å². The molecule has 0 aliphatic heterocycles. The molecule has 0 spiro atoms. The first kappa shape index (κ1) is 13.7. The molecule has 0 unspecified atom stereocenters. The first-order valence-electron chi connectivity index (χ1n) is 5.80. The second kappa shape index (κ2) is 7.80. The lowest BCUT2D eigenvalue weighted by Gasteiger charge is -1.98. The van der Waals surface area contributed by atoms with E-state index in [4.69, 9.17) is 5.73 Å². The van der Waals surface area contributed by atoms with Crippen molar-refractivity contribution in [2.24, 2.45) is 0 Å². The quantitative estimate of drug-likeness (QED) is 0.602. The Morgan fingerprint density at radius 3 is 2.18 bits per heavy atom. The van der Waals surface area contributed by atoms with E-state index in [2.05, 4.69) is 25.6 Å². The third-order valence-electron chi connectivity index (χ3n) is 2.25. The number of benzene rings is 2. The lowest BCUT2D eigenvalue weighted by Crippen LogP contribution is -1.87. The van der Waals surface area contributed by atoms with Gasteiger partial charge in [-0.2, -0.15) is 0 Å². The summed E-state index contributed by atoms with van der Waals surface area (Å²) >= 11 is 4.08. The molecule has 0 atom stereocenters. The molecule has 0 saturated carbocycles. The van der Waals surface area contributed by atoms with Crippen LogP contribution in [0.25, 0.3) is 0 Å². The zero-order valence-electron chi connectivity index (χ0n) is 10.1. The van der Waals surface area contributed by atoms with E-state index < -0.39 is 0 Å². The fraction of sp³-hybridized carbons (Fsp3) is 0.200. The van der Waals surface area contributed by atoms with Gasteiger partial charge in [-0.25, -0.2) is 0 Å². The Kier molecular flexibility index (Phi) is 6.26. The summed E-state index contributed by atoms with van der Waals surface area (Å²) in [5.74, 6) is 0. The number of rotatable bonds is 2. The van der Waals surface area contributed by atoms with Crippen LogP contribution in [-0.2, 0) is 6.42 Å². The fourth-order valence-corrected chi connectivity index (χ4v) is 1.64. The number of nitrogen functional groups attached to an aromatic ring is 1. The van der Waals surface area contributed by atoms with Crippen LogP contribution >= 0.6 is 12.6 Å². The Bertz CT molecular complexity index is 426. The predicted octanol–water partition coefficient (Wildman–Crippen LogP) is 4.20. The number of hydrogen-bond donors (Lipinski definition) is 2. The molecule has 0 fully saturated rings. The van der Waals surface area contributed by atoms with Crippen LogP contribution in [0.4, 0.5) is 5.69 Å². The van der Waals surface area contributed by atoms with Gasteiger partial charge >= 0.3 is 0 Å². The summed E-state index contributed by atoms with van der Waals surface area (Å²) in [7, 11) is 0. The molecular weight excluding hydrogens is 226 g/mol. The first-order valence-corrected chi connectivity index (χ1v) is 6.25. The van der Waals surface area contributed by atoms with Crippen molar-refractivity contribution >= 4 is 18.3 Å². The summed E-state index contributed by atoms with van der Waals surface area (Å²) < 4.78 is 0. The van der Waals surface area contributed by atoms with E-state index in [1.165, 1.54) is 12.0 Å². The molecule has 2 heteroatoms. The molecule has 0 radical (unpaired) electrons. The molecule has 2 aromatic carbocycles. The Hall–Kier alpha value is -1.41. The summed E-state index contributed by atoms with van der Waals surface area (Å²) in [6, 6.07) is 17.8. The van der Waals surface area contributed by atoms with E-state index in [-0.39, 0.29) is 0 Å². The van der Waals surface area contributed by atoms with Gasteiger partial charge in [-0.1, -0.05) is 43.7 Å². The largest absolute Gasteiger partial charge is 0.399 e. The molecule has 2 aromatic rings. The van der Waals surface area contributed by atoms with Crippen LogP contribution in [0.1, 0.15) is 18.9 Å². The van der Waals surface area contributed by atoms with Gasteiger partial charge in [0.15, 0.2) is 0 Å². The van der Waals surface area contributed by atoms with E-state index in [9.17, 15) is 0 Å². The second-order valence-electron chi connectivity index (χ2n) is 3.83. The smallest absolute Gasteiger partial charge is 0.0316 e. The summed E-state index contributed by atoms with van der Waals surface area (Å²) in [4.78, 5) is 1.02. The van der Waals surface area contributed by atoms with Crippen LogP contribution < -0.4 is 5.73 Å². The number of aryl methyl sites for hydroxylation is 1. The van der Waals surface area contributed by atoms with Crippen molar-refractivity contribution in [2.45, 2.75) is 24.7 Å². The number of anilines is 1. The van der Waals surface area contributed by atoms with Crippen molar-refractivity contribution < 1.29 is 0 Å². The minimum absolute atomic E-state index is 0.867. The van der Waals surface area contributed by atoms with E-state index in [0.29, 0.717) is 0 Å². The van der Waals surface area contributed by atoms with E-state index in [1.54, 1.807) is 0 Å². The van der Waals surface area contributed by atoms with E-state index in [1.807, 2.05) is 48.5 Å². The molecular formula is C15H19NS. The van der Waals surface area contributed by atoms with E-state index in [0.717, 1.165) is 17.0 Å². The summed E-state index contributed by atoms with van der Waals surface area (Å²) in [5, 5.41) is 0. The molecule has 0 saturated heterocycles. The van der Waals surface area contributed by atoms with Crippen molar-refractivity contribution in [2.75, 3.05) is 5.73 Å². The van der Waals surface area contributed by atoms with Crippen LogP contribution in [-0.4, -0.2) is 0 Å². The SMILES string of the molecule is CCCc1cccc(N)c1.Sc1ccccc1. The monoisotopic (exact) mass is 245 g/mol. The van der Waals surface area contributed by atoms with Crippen LogP contribution in [0.2, 0.25) is 0 Å². The maximum atomic E-state index is 5.59. The van der Waals surface area contributed by atoms with Crippen LogP contribution in [0.15, 0.2) is 59.5 Å². The maximum absolute atomic E-state index is 5.59. The Morgan fingerprint density at radius 2 is 1.71 bits per heavy atom. The highest BCUT2D eigenvalue weighted by atomic mass is 32.1. The zero-order valence-corrected chi connectivity index (χ0v) is 11.0. The molecule has 1 nitrogen and oxygen atoms in total. The van der Waals surface area contributed by atoms with Gasteiger partial charge in [0.05, 0.1) is 0 Å². The third-order valence-corrected chi connectivity index (χ3v) is 2.54. The summed E-state index contributed by atoms with van der Waals surface area (Å²) in [6.45, 7) is 2.17. The Balaban J connectivity index is 0.000000181. The lowest BCUT2D eigenvalue weighted by molar-refractivity contribution is 0.922. The molecule has 17 heavy (non-hydrogen) atoms. The molecule has 90 valence electrons. The minimum atomic E-state index is 0.867. The van der Waals surface area contributed by atoms with Crippen LogP contribution in [0.3, 0.4) is 0 Å². The standard InChI is InChI=1S/C9H13N.C6H6S/c1-2-4-8-5-3-6-9(10)7-8;7-6-4-2-1-3-5-6/h3,5-7H,2,4,10H2,1H3;1-5,7H. The van der Waals surface area contributed by atoms with Crippen LogP contribution in [0.5, 0.6) is 0 Å². The van der Waals surface area contributed by atoms with Gasteiger partial charge in [-0.15, -0.1) is 12.6 Å². The number of thiol groups is 1. The van der Waals surface area contributed by atoms with Gasteiger partial charge in [0.25, 0.3) is 0 Å². The molecule has 0 bridgehead atoms. The van der Waals surface area contributed by atoms with Gasteiger partial charge in [-0.3, -0.25) is 0 Å². The topological polar surface area (TPSA) is 26.0 Å². The third kappa shape index (κ3) is 6.03. The normalized spacial score (nSPS) is 9.29. The highest BCUT2D eigenvalue weighted by Gasteiger charge is 1.89. The number of hydrogen-bond acceptors (Lipinski definition) is 2. The lowest BCUT2D eigenvalue weighted by atomic mass is 10.1. The Labute approximate surface area is 109 Å². The highest BCUT2D eigenvalue weighted by molar-refractivity contribution is 7.80. The van der Waals surface area contributed by atoms with Gasteiger partial charge in [0.2, 0.25) is 0 Å². The average molecular weight is 245 g/mol. The average Bonchev–Trinajstić information content (AvgIpc) is 2.31. The molecule has 0 aliphatic rings. The maximum Gasteiger partial charge on any atom is 0.0316 e. The number of nitrogens with two attached hydrogens (primary N) is 1. The van der Waals surface area contributed by atoms with E-state index >= 15 is 0 Å². The molecule has 0 heterocycles. The summed E-state index contributed by atoms with van der Waals surface area (Å²) in [6.07, 6.45) is 2.31. The highest BCUT2D eigenvalue weighted by Crippen LogP contribution is 2.07. The first-order chi connectivity index (χ1) is 8.22. The molecule has 2 rings (SSSR count). The molecule has 0 amide bonds. The fourth-order valence-electron chi connectivity index (χ4n) is 1.47. The second-order valence-corrected chi connectivity index (χ2v) is 4.35. The Morgan fingerprint density at radius 1 is 1.00 bits per heavy atom. The van der Waals surface area contributed by atoms with Crippen molar-refractivity contribution in [1.82, 2.24) is 0 Å². The molecule has 2 N–H and O–H groups in total. The van der Waals surface area contributed by atoms with Crippen LogP contribution in [0, 0.1) is 0 Å². The van der Waals surface area contributed by atoms with Crippen molar-refractivity contribution in [3.63, 3.8) is 0 Å². The molecule has 0 aromatic heterocycles. The molecule has 0 aliphatic carbocycles. The van der Waals surface area contributed by atoms with Gasteiger partial charge in [0.1, 0.15) is 0 Å². The summed E-state index contributed by atoms with van der Waals surface area (Å²) in [5.41, 5.74) is 7.79. The van der Waals surface area contributed by atoms with Crippen molar-refractivity contribution in [1.29, 1.82) is 0 Å². The van der Waals surface area contributed by atoms with Crippen molar-refractivity contribution in [3.8, 4) is 0 Å². The van der Waals surface area contributed by atoms with Crippen molar-refractivity contribution in [3.05, 3.63) is 60.2 Å². The zero-order chi connectivity index (χ0) is 12.5. The minimum Gasteiger partial charge on any atom is -0.399 e. The van der Waals surface area contributed by atoms with Gasteiger partial charge in [0, 0.05) is 10.6 Å². The van der Waals surface area contributed by atoms with Gasteiger partial charge < -0.3 is 5.73 Å². The predicted molar refractivity (Wildman–Crippen MR) is 78.5 cm³/mol.